The molecule has 0 atom stereocenters. The Labute approximate surface area is 336 Å². The van der Waals surface area contributed by atoms with Gasteiger partial charge in [-0.05, 0) is 51.8 Å². The molecule has 7 rings (SSSR count). The van der Waals surface area contributed by atoms with Gasteiger partial charge in [0.1, 0.15) is 0 Å². The number of halogens is 2. The Balaban J connectivity index is 0.000000243. The second kappa shape index (κ2) is 18.0. The van der Waals surface area contributed by atoms with Gasteiger partial charge in [0.05, 0.1) is 0 Å². The number of hydrogen-bond donors (Lipinski definition) is 0. The first-order chi connectivity index (χ1) is 23.1. The second-order valence-corrected chi connectivity index (χ2v) is 25.6. The van der Waals surface area contributed by atoms with Gasteiger partial charge in [-0.3, -0.25) is 0 Å². The molecule has 0 spiro atoms. The van der Waals surface area contributed by atoms with Crippen LogP contribution >= 0.6 is 0 Å². The summed E-state index contributed by atoms with van der Waals surface area (Å²) in [6, 6.07) is 38.7. The Hall–Kier alpha value is -2.48. The molecule has 51 heavy (non-hydrogen) atoms. The summed E-state index contributed by atoms with van der Waals surface area (Å²) in [6.07, 6.45) is 7.00. The van der Waals surface area contributed by atoms with E-state index in [0.29, 0.717) is 5.92 Å². The molecule has 0 aliphatic heterocycles. The fraction of sp³-hybridized carbons (Fsp3) is 0.319. The smallest absolute Gasteiger partial charge is 0.0132 e. The SMILES string of the molecule is CC(C)(C)c1ccc(-c2cccc3[cH-]c(C4CC=CC4)cc23)cc1.C[Si](C)=[Zr+2].Cc1cc2c(-c3ccc(C(C)(C)C)cc3)ccc(C)c2[cH-]1.[Cl-].[Cl-]. The summed E-state index contributed by atoms with van der Waals surface area (Å²) in [5.41, 5.74) is 12.9. The fourth-order valence-electron chi connectivity index (χ4n) is 6.78. The number of hydrogen-bond acceptors (Lipinski definition) is 0. The summed E-state index contributed by atoms with van der Waals surface area (Å²) in [5, 5.41) is 5.51. The molecule has 0 nitrogen and oxygen atoms in total. The minimum Gasteiger partial charge on any atom is -1.00 e. The maximum absolute atomic E-state index is 2.42. The third-order valence-corrected chi connectivity index (χ3v) is 9.63. The quantitative estimate of drug-likeness (QED) is 0.0971. The number of benzene rings is 4. The van der Waals surface area contributed by atoms with Crippen LogP contribution in [0.15, 0.2) is 115 Å². The summed E-state index contributed by atoms with van der Waals surface area (Å²) in [7, 11) is 0. The summed E-state index contributed by atoms with van der Waals surface area (Å²) in [4.78, 5) is 0. The number of allylic oxidation sites excluding steroid dienone is 2. The predicted octanol–water partition coefficient (Wildman–Crippen LogP) is 7.89. The van der Waals surface area contributed by atoms with E-state index in [1.807, 2.05) is 0 Å². The molecule has 0 aromatic heterocycles. The molecule has 0 saturated carbocycles. The summed E-state index contributed by atoms with van der Waals surface area (Å²) in [5.74, 6) is 0.675. The molecule has 266 valence electrons. The van der Waals surface area contributed by atoms with Crippen LogP contribution in [0.25, 0.3) is 43.8 Å². The van der Waals surface area contributed by atoms with Crippen molar-refractivity contribution in [3.05, 3.63) is 143 Å². The normalized spacial score (nSPS) is 12.8. The molecule has 6 aromatic rings. The molecule has 0 radical (unpaired) electrons. The number of aryl methyl sites for hydroxylation is 2. The van der Waals surface area contributed by atoms with E-state index in [4.69, 9.17) is 0 Å². The number of rotatable bonds is 3. The Bertz CT molecular complexity index is 2070. The molecule has 0 fully saturated rings. The van der Waals surface area contributed by atoms with Crippen molar-refractivity contribution < 1.29 is 48.1 Å². The summed E-state index contributed by atoms with van der Waals surface area (Å²) < 4.78 is 0. The van der Waals surface area contributed by atoms with E-state index in [9.17, 15) is 0 Å². The van der Waals surface area contributed by atoms with Gasteiger partial charge < -0.3 is 24.8 Å². The molecule has 0 N–H and O–H groups in total. The van der Waals surface area contributed by atoms with Crippen LogP contribution in [0, 0.1) is 13.8 Å². The third kappa shape index (κ3) is 10.8. The summed E-state index contributed by atoms with van der Waals surface area (Å²) >= 11 is 1.74. The van der Waals surface area contributed by atoms with Gasteiger partial charge in [0.2, 0.25) is 0 Å². The van der Waals surface area contributed by atoms with E-state index >= 15 is 0 Å². The van der Waals surface area contributed by atoms with Crippen molar-refractivity contribution in [2.24, 2.45) is 0 Å². The topological polar surface area (TPSA) is 0 Å². The Kier molecular flexibility index (Phi) is 15.2. The Morgan fingerprint density at radius 2 is 1.12 bits per heavy atom. The maximum atomic E-state index is 2.42. The van der Waals surface area contributed by atoms with Crippen molar-refractivity contribution in [3.8, 4) is 22.3 Å². The van der Waals surface area contributed by atoms with Crippen molar-refractivity contribution in [1.29, 1.82) is 0 Å². The van der Waals surface area contributed by atoms with Crippen molar-refractivity contribution in [3.63, 3.8) is 0 Å². The third-order valence-electron chi connectivity index (χ3n) is 9.63. The van der Waals surface area contributed by atoms with Gasteiger partial charge in [0.15, 0.2) is 0 Å². The first kappa shape index (κ1) is 42.9. The molecule has 0 unspecified atom stereocenters. The van der Waals surface area contributed by atoms with Gasteiger partial charge in [-0.15, -0.1) is 68.6 Å². The zero-order chi connectivity index (χ0) is 35.5. The predicted molar refractivity (Wildman–Crippen MR) is 215 cm³/mol. The largest absolute Gasteiger partial charge is 1.00 e. The van der Waals surface area contributed by atoms with E-state index in [2.05, 4.69) is 184 Å². The van der Waals surface area contributed by atoms with Crippen molar-refractivity contribution >= 4 is 27.0 Å². The average molecular weight is 809 g/mol. The average Bonchev–Trinajstić information content (AvgIpc) is 3.80. The minimum absolute atomic E-state index is 0. The van der Waals surface area contributed by atoms with Crippen molar-refractivity contribution in [1.82, 2.24) is 0 Å². The van der Waals surface area contributed by atoms with Gasteiger partial charge in [0, 0.05) is 0 Å². The van der Waals surface area contributed by atoms with E-state index < -0.39 is 0 Å². The molecule has 0 amide bonds. The van der Waals surface area contributed by atoms with E-state index in [0.717, 1.165) is 0 Å². The van der Waals surface area contributed by atoms with E-state index in [-0.39, 0.29) is 41.1 Å². The molecular formula is C47H54Cl2SiZr-2. The van der Waals surface area contributed by atoms with Crippen LogP contribution < -0.4 is 24.8 Å². The Morgan fingerprint density at radius 1 is 0.627 bits per heavy atom. The van der Waals surface area contributed by atoms with Gasteiger partial charge in [0.25, 0.3) is 0 Å². The Morgan fingerprint density at radius 3 is 1.61 bits per heavy atom. The van der Waals surface area contributed by atoms with Crippen molar-refractivity contribution in [2.75, 3.05) is 0 Å². The maximum Gasteiger partial charge on any atom is -0.0132 e. The van der Waals surface area contributed by atoms with Gasteiger partial charge >= 0.3 is 41.9 Å². The standard InChI is InChI=1S/C24H25.C21H23.C2H6Si.2ClH.Zr/c1-24(2,3)21-13-11-18(12-14-21)22-10-6-9-19-15-20(16-23(19)22)17-7-4-5-8-17;1-14-12-19-15(2)6-11-18(20(19)13-14)16-7-9-17(10-8-16)21(3,4)5;1-3-2;;;/h4-6,9-17H,7-8H2,1-3H3;6-13H,1-5H3;1-2H3;2*1H;/q2*-1;;;;+2/p-2. The van der Waals surface area contributed by atoms with Crippen LogP contribution in [0.1, 0.15) is 88.1 Å². The van der Waals surface area contributed by atoms with Crippen LogP contribution in [0.4, 0.5) is 0 Å². The monoisotopic (exact) mass is 806 g/mol. The number of fused-ring (bicyclic) bond motifs is 2. The zero-order valence-corrected chi connectivity index (χ0v) is 37.2. The van der Waals surface area contributed by atoms with Gasteiger partial charge in [-0.1, -0.05) is 139 Å². The molecular weight excluding hydrogens is 755 g/mol. The zero-order valence-electron chi connectivity index (χ0n) is 32.2. The van der Waals surface area contributed by atoms with Crippen LogP contribution in [0.3, 0.4) is 0 Å². The molecule has 0 saturated heterocycles. The van der Waals surface area contributed by atoms with Crippen LogP contribution in [0.5, 0.6) is 0 Å². The first-order valence-electron chi connectivity index (χ1n) is 17.9. The van der Waals surface area contributed by atoms with Crippen LogP contribution in [-0.4, -0.2) is 5.43 Å². The molecule has 0 bridgehead atoms. The van der Waals surface area contributed by atoms with Crippen LogP contribution in [-0.2, 0) is 34.2 Å². The fourth-order valence-corrected chi connectivity index (χ4v) is 6.78. The molecule has 1 aliphatic rings. The summed E-state index contributed by atoms with van der Waals surface area (Å²) in [6.45, 7) is 22.5. The van der Waals surface area contributed by atoms with Crippen molar-refractivity contribution in [2.45, 2.75) is 98.1 Å². The molecule has 1 aliphatic carbocycles. The molecule has 4 heteroatoms. The van der Waals surface area contributed by atoms with Gasteiger partial charge in [-0.25, -0.2) is 0 Å². The minimum atomic E-state index is 0. The molecule has 6 aromatic carbocycles. The first-order valence-corrected chi connectivity index (χ1v) is 24.0. The van der Waals surface area contributed by atoms with E-state index in [1.54, 1.807) is 23.3 Å². The van der Waals surface area contributed by atoms with Crippen LogP contribution in [0.2, 0.25) is 13.1 Å². The molecule has 0 heterocycles. The van der Waals surface area contributed by atoms with Gasteiger partial charge in [-0.2, -0.15) is 12.1 Å². The second-order valence-electron chi connectivity index (χ2n) is 16.2. The van der Waals surface area contributed by atoms with E-state index in [1.165, 1.54) is 84.5 Å².